The molecule has 2 N–H and O–H groups in total. The van der Waals surface area contributed by atoms with Gasteiger partial charge in [-0.1, -0.05) is 29.8 Å². The van der Waals surface area contributed by atoms with E-state index in [0.29, 0.717) is 6.54 Å². The molecule has 0 amide bonds. The smallest absolute Gasteiger partial charge is 0.164 e. The largest absolute Gasteiger partial charge is 0.394 e. The predicted octanol–water partition coefficient (Wildman–Crippen LogP) is 2.60. The molecule has 1 aromatic carbocycles. The van der Waals surface area contributed by atoms with Gasteiger partial charge < -0.3 is 24.6 Å². The molecule has 0 aliphatic carbocycles. The summed E-state index contributed by atoms with van der Waals surface area (Å²) in [7, 11) is 0. The van der Waals surface area contributed by atoms with Gasteiger partial charge in [-0.05, 0) is 38.5 Å². The highest BCUT2D eigenvalue weighted by Gasteiger charge is 2.56. The van der Waals surface area contributed by atoms with Crippen LogP contribution in [0.4, 0.5) is 5.82 Å². The second kappa shape index (κ2) is 7.31. The van der Waals surface area contributed by atoms with Crippen LogP contribution in [-0.2, 0) is 20.8 Å². The molecule has 0 radical (unpaired) electrons. The standard InChI is InChI=1S/C22H26N4O4/c1-13-5-4-6-14(9-13)10-23-21-16-8-7-15(26(16)25-12-24-21)18-20-19(17(11-27)28-18)29-22(2,3)30-20/h4-9,12,17-20,27H,10-11H2,1-3H3,(H,23,24,25)/t17-,18+,19-,20+/m1/s1. The summed E-state index contributed by atoms with van der Waals surface area (Å²) in [4.78, 5) is 4.43. The van der Waals surface area contributed by atoms with Gasteiger partial charge in [-0.2, -0.15) is 5.10 Å². The van der Waals surface area contributed by atoms with E-state index >= 15 is 0 Å². The molecule has 30 heavy (non-hydrogen) atoms. The molecule has 0 saturated carbocycles. The number of hydrogen-bond donors (Lipinski definition) is 2. The Kier molecular flexibility index (Phi) is 4.74. The zero-order chi connectivity index (χ0) is 20.9. The SMILES string of the molecule is Cc1cccc(CNc2ncnn3c([C@@H]4O[C@H](CO)[C@H]5OC(C)(C)O[C@H]54)ccc23)c1. The summed E-state index contributed by atoms with van der Waals surface area (Å²) in [6.45, 7) is 6.37. The molecule has 8 heteroatoms. The molecule has 2 aliphatic heterocycles. The molecule has 2 fully saturated rings. The summed E-state index contributed by atoms with van der Waals surface area (Å²) in [6.07, 6.45) is 0.0697. The van der Waals surface area contributed by atoms with E-state index in [1.807, 2.05) is 36.6 Å². The van der Waals surface area contributed by atoms with E-state index in [1.165, 1.54) is 17.5 Å². The van der Waals surface area contributed by atoms with Crippen LogP contribution in [0.3, 0.4) is 0 Å². The number of benzene rings is 1. The number of anilines is 1. The van der Waals surface area contributed by atoms with Crippen molar-refractivity contribution in [1.82, 2.24) is 14.6 Å². The first-order valence-electron chi connectivity index (χ1n) is 10.2. The summed E-state index contributed by atoms with van der Waals surface area (Å²) in [6, 6.07) is 12.3. The zero-order valence-corrected chi connectivity index (χ0v) is 17.3. The highest BCUT2D eigenvalue weighted by atomic mass is 16.8. The first-order chi connectivity index (χ1) is 14.4. The van der Waals surface area contributed by atoms with E-state index in [1.54, 1.807) is 0 Å². The van der Waals surface area contributed by atoms with Crippen molar-refractivity contribution in [3.8, 4) is 0 Å². The third-order valence-corrected chi connectivity index (χ3v) is 5.64. The Labute approximate surface area is 174 Å². The van der Waals surface area contributed by atoms with Gasteiger partial charge in [-0.3, -0.25) is 0 Å². The molecule has 8 nitrogen and oxygen atoms in total. The van der Waals surface area contributed by atoms with Crippen LogP contribution in [0.1, 0.15) is 36.8 Å². The van der Waals surface area contributed by atoms with E-state index in [9.17, 15) is 5.11 Å². The molecule has 158 valence electrons. The normalized spacial score (nSPS) is 27.5. The van der Waals surface area contributed by atoms with Gasteiger partial charge in [0.25, 0.3) is 0 Å². The van der Waals surface area contributed by atoms with Gasteiger partial charge in [0.05, 0.1) is 12.3 Å². The van der Waals surface area contributed by atoms with Crippen LogP contribution in [0.25, 0.3) is 5.52 Å². The Morgan fingerprint density at radius 1 is 1.17 bits per heavy atom. The lowest BCUT2D eigenvalue weighted by Gasteiger charge is -2.23. The van der Waals surface area contributed by atoms with Crippen molar-refractivity contribution in [2.75, 3.05) is 11.9 Å². The Hall–Kier alpha value is -2.52. The fraction of sp³-hybridized carbons (Fsp3) is 0.455. The zero-order valence-electron chi connectivity index (χ0n) is 17.3. The average Bonchev–Trinajstić information content (AvgIpc) is 3.37. The molecule has 5 rings (SSSR count). The molecule has 2 aromatic heterocycles. The first-order valence-corrected chi connectivity index (χ1v) is 10.2. The van der Waals surface area contributed by atoms with Gasteiger partial charge in [0, 0.05) is 6.54 Å². The molecule has 3 aromatic rings. The van der Waals surface area contributed by atoms with Crippen LogP contribution in [-0.4, -0.2) is 50.4 Å². The van der Waals surface area contributed by atoms with E-state index in [2.05, 4.69) is 40.5 Å². The molecule has 2 aliphatic rings. The van der Waals surface area contributed by atoms with Gasteiger partial charge in [-0.25, -0.2) is 9.50 Å². The van der Waals surface area contributed by atoms with Crippen molar-refractivity contribution in [1.29, 1.82) is 0 Å². The number of fused-ring (bicyclic) bond motifs is 2. The number of ether oxygens (including phenoxy) is 3. The monoisotopic (exact) mass is 410 g/mol. The molecule has 4 atom stereocenters. The molecule has 2 saturated heterocycles. The molecule has 4 heterocycles. The Balaban J connectivity index is 1.43. The Morgan fingerprint density at radius 3 is 2.80 bits per heavy atom. The number of aromatic nitrogens is 3. The maximum atomic E-state index is 9.75. The van der Waals surface area contributed by atoms with Crippen molar-refractivity contribution < 1.29 is 19.3 Å². The minimum Gasteiger partial charge on any atom is -0.394 e. The lowest BCUT2D eigenvalue weighted by atomic mass is 10.1. The van der Waals surface area contributed by atoms with Crippen LogP contribution in [0.5, 0.6) is 0 Å². The van der Waals surface area contributed by atoms with Crippen LogP contribution < -0.4 is 5.32 Å². The third kappa shape index (κ3) is 3.35. The second-order valence-electron chi connectivity index (χ2n) is 8.35. The summed E-state index contributed by atoms with van der Waals surface area (Å²) in [5.74, 6) is 0.0304. The fourth-order valence-corrected chi connectivity index (χ4v) is 4.38. The van der Waals surface area contributed by atoms with Gasteiger partial charge >= 0.3 is 0 Å². The quantitative estimate of drug-likeness (QED) is 0.668. The maximum Gasteiger partial charge on any atom is 0.164 e. The van der Waals surface area contributed by atoms with Crippen LogP contribution in [0.2, 0.25) is 0 Å². The number of aryl methyl sites for hydroxylation is 1. The summed E-state index contributed by atoms with van der Waals surface area (Å²) >= 11 is 0. The topological polar surface area (TPSA) is 90.1 Å². The maximum absolute atomic E-state index is 9.75. The number of hydrogen-bond acceptors (Lipinski definition) is 7. The number of aliphatic hydroxyl groups is 1. The molecular weight excluding hydrogens is 384 g/mol. The molecule has 0 unspecified atom stereocenters. The number of rotatable bonds is 5. The van der Waals surface area contributed by atoms with Crippen molar-refractivity contribution in [2.24, 2.45) is 0 Å². The van der Waals surface area contributed by atoms with Gasteiger partial charge in [0.2, 0.25) is 0 Å². The van der Waals surface area contributed by atoms with Crippen LogP contribution in [0, 0.1) is 6.92 Å². The van der Waals surface area contributed by atoms with E-state index in [-0.39, 0.29) is 18.8 Å². The average molecular weight is 410 g/mol. The summed E-state index contributed by atoms with van der Waals surface area (Å²) in [5, 5.41) is 17.6. The molecule has 0 spiro atoms. The molecule has 0 bridgehead atoms. The molecular formula is C22H26N4O4. The first kappa shape index (κ1) is 19.4. The highest BCUT2D eigenvalue weighted by Crippen LogP contribution is 2.45. The lowest BCUT2D eigenvalue weighted by Crippen LogP contribution is -2.31. The van der Waals surface area contributed by atoms with E-state index in [4.69, 9.17) is 14.2 Å². The van der Waals surface area contributed by atoms with Crippen molar-refractivity contribution in [3.05, 3.63) is 59.5 Å². The van der Waals surface area contributed by atoms with Gasteiger partial charge in [-0.15, -0.1) is 0 Å². The Morgan fingerprint density at radius 2 is 2.00 bits per heavy atom. The van der Waals surface area contributed by atoms with Crippen molar-refractivity contribution >= 4 is 11.3 Å². The predicted molar refractivity (Wildman–Crippen MR) is 110 cm³/mol. The second-order valence-corrected chi connectivity index (χ2v) is 8.35. The Bertz CT molecular complexity index is 1070. The summed E-state index contributed by atoms with van der Waals surface area (Å²) < 4.78 is 20.0. The number of nitrogens with zero attached hydrogens (tertiary/aromatic N) is 3. The minimum atomic E-state index is -0.715. The van der Waals surface area contributed by atoms with E-state index in [0.717, 1.165) is 17.0 Å². The highest BCUT2D eigenvalue weighted by molar-refractivity contribution is 5.68. The minimum absolute atomic E-state index is 0.126. The number of nitrogens with one attached hydrogen (secondary N) is 1. The van der Waals surface area contributed by atoms with Gasteiger partial charge in [0.1, 0.15) is 36.3 Å². The van der Waals surface area contributed by atoms with Crippen LogP contribution >= 0.6 is 0 Å². The van der Waals surface area contributed by atoms with Gasteiger partial charge in [0.15, 0.2) is 11.6 Å². The lowest BCUT2D eigenvalue weighted by molar-refractivity contribution is -0.191. The summed E-state index contributed by atoms with van der Waals surface area (Å²) in [5.41, 5.74) is 4.11. The van der Waals surface area contributed by atoms with Crippen molar-refractivity contribution in [2.45, 2.75) is 57.5 Å². The third-order valence-electron chi connectivity index (χ3n) is 5.64. The van der Waals surface area contributed by atoms with E-state index < -0.39 is 18.0 Å². The van der Waals surface area contributed by atoms with Crippen LogP contribution in [0.15, 0.2) is 42.7 Å². The van der Waals surface area contributed by atoms with Crippen molar-refractivity contribution in [3.63, 3.8) is 0 Å². The number of aliphatic hydroxyl groups excluding tert-OH is 1. The fourth-order valence-electron chi connectivity index (χ4n) is 4.38.